The maximum Gasteiger partial charge on any atom is 0.127 e. The summed E-state index contributed by atoms with van der Waals surface area (Å²) in [6.45, 7) is 5.47. The predicted octanol–water partition coefficient (Wildman–Crippen LogP) is 3.02. The zero-order valence-electron chi connectivity index (χ0n) is 12.2. The van der Waals surface area contributed by atoms with Crippen LogP contribution in [-0.4, -0.2) is 22.7 Å². The van der Waals surface area contributed by atoms with Crippen molar-refractivity contribution in [2.24, 2.45) is 0 Å². The molecule has 5 heteroatoms. The number of ether oxygens (including phenoxy) is 1. The maximum atomic E-state index is 6.19. The molecule has 0 fully saturated rings. The molecule has 1 aromatic carbocycles. The van der Waals surface area contributed by atoms with Crippen molar-refractivity contribution in [2.45, 2.75) is 32.9 Å². The molecule has 2 aromatic rings. The summed E-state index contributed by atoms with van der Waals surface area (Å²) in [4.78, 5) is 4.43. The van der Waals surface area contributed by atoms with E-state index in [1.165, 1.54) is 5.56 Å². The lowest BCUT2D eigenvalue weighted by Crippen LogP contribution is -2.13. The Hall–Kier alpha value is -1.52. The van der Waals surface area contributed by atoms with Gasteiger partial charge < -0.3 is 14.6 Å². The first kappa shape index (κ1) is 14.4. The minimum Gasteiger partial charge on any atom is -0.493 e. The van der Waals surface area contributed by atoms with Crippen molar-refractivity contribution >= 4 is 11.6 Å². The summed E-state index contributed by atoms with van der Waals surface area (Å²) in [6.07, 6.45) is 6.02. The number of rotatable bonds is 6. The number of hydrogen-bond acceptors (Lipinski definition) is 3. The third-order valence-corrected chi connectivity index (χ3v) is 3.82. The molecule has 0 amide bonds. The molecule has 0 radical (unpaired) electrons. The van der Waals surface area contributed by atoms with Gasteiger partial charge in [0.25, 0.3) is 0 Å². The number of nitrogens with one attached hydrogen (secondary N) is 1. The Morgan fingerprint density at radius 1 is 1.43 bits per heavy atom. The van der Waals surface area contributed by atoms with Gasteiger partial charge in [-0.1, -0.05) is 18.5 Å². The molecule has 3 rings (SSSR count). The second-order valence-corrected chi connectivity index (χ2v) is 5.80. The minimum atomic E-state index is 0.740. The van der Waals surface area contributed by atoms with E-state index in [9.17, 15) is 0 Å². The van der Waals surface area contributed by atoms with Crippen LogP contribution in [0, 0.1) is 0 Å². The summed E-state index contributed by atoms with van der Waals surface area (Å²) in [5.41, 5.74) is 3.39. The van der Waals surface area contributed by atoms with Crippen molar-refractivity contribution in [3.63, 3.8) is 0 Å². The van der Waals surface area contributed by atoms with Gasteiger partial charge in [0.2, 0.25) is 0 Å². The quantitative estimate of drug-likeness (QED) is 0.834. The topological polar surface area (TPSA) is 39.1 Å². The van der Waals surface area contributed by atoms with E-state index < -0.39 is 0 Å². The Bertz CT molecular complexity index is 624. The molecule has 1 aromatic heterocycles. The first-order valence-electron chi connectivity index (χ1n) is 7.41. The fourth-order valence-electron chi connectivity index (χ4n) is 2.64. The van der Waals surface area contributed by atoms with Gasteiger partial charge >= 0.3 is 0 Å². The highest BCUT2D eigenvalue weighted by Crippen LogP contribution is 2.33. The molecule has 1 aliphatic rings. The molecule has 0 atom stereocenters. The van der Waals surface area contributed by atoms with Crippen molar-refractivity contribution in [2.75, 3.05) is 13.2 Å². The van der Waals surface area contributed by atoms with E-state index in [1.807, 2.05) is 18.5 Å². The molecule has 4 nitrogen and oxygen atoms in total. The Morgan fingerprint density at radius 3 is 3.19 bits per heavy atom. The molecular weight excluding hydrogens is 286 g/mol. The van der Waals surface area contributed by atoms with Crippen LogP contribution in [-0.2, 0) is 19.5 Å². The van der Waals surface area contributed by atoms with Crippen molar-refractivity contribution < 1.29 is 4.74 Å². The van der Waals surface area contributed by atoms with Crippen molar-refractivity contribution in [1.82, 2.24) is 14.9 Å². The second-order valence-electron chi connectivity index (χ2n) is 5.37. The van der Waals surface area contributed by atoms with Gasteiger partial charge in [-0.3, -0.25) is 0 Å². The third-order valence-electron chi connectivity index (χ3n) is 3.60. The first-order chi connectivity index (χ1) is 10.3. The molecule has 1 N–H and O–H groups in total. The normalized spacial score (nSPS) is 13.2. The first-order valence-corrected chi connectivity index (χ1v) is 7.79. The summed E-state index contributed by atoms with van der Waals surface area (Å²) in [7, 11) is 0. The molecule has 0 spiro atoms. The van der Waals surface area contributed by atoms with Gasteiger partial charge in [0, 0.05) is 29.7 Å². The largest absolute Gasteiger partial charge is 0.493 e. The maximum absolute atomic E-state index is 6.19. The number of fused-ring (bicyclic) bond motifs is 1. The highest BCUT2D eigenvalue weighted by atomic mass is 35.5. The van der Waals surface area contributed by atoms with Crippen LogP contribution in [0.1, 0.15) is 30.2 Å². The lowest BCUT2D eigenvalue weighted by molar-refractivity contribution is 0.352. The lowest BCUT2D eigenvalue weighted by atomic mass is 10.1. The van der Waals surface area contributed by atoms with Gasteiger partial charge in [-0.25, -0.2) is 4.98 Å². The number of benzene rings is 1. The Kier molecular flexibility index (Phi) is 4.46. The smallest absolute Gasteiger partial charge is 0.127 e. The number of aromatic nitrogens is 2. The number of halogens is 1. The van der Waals surface area contributed by atoms with Gasteiger partial charge in [-0.2, -0.15) is 0 Å². The summed E-state index contributed by atoms with van der Waals surface area (Å²) < 4.78 is 7.82. The zero-order valence-corrected chi connectivity index (χ0v) is 13.0. The summed E-state index contributed by atoms with van der Waals surface area (Å²) in [6, 6.07) is 3.99. The monoisotopic (exact) mass is 305 g/mol. The average Bonchev–Trinajstić information content (AvgIpc) is 3.08. The number of nitrogens with zero attached hydrogens (tertiary/aromatic N) is 2. The van der Waals surface area contributed by atoms with Crippen molar-refractivity contribution in [3.8, 4) is 5.75 Å². The molecule has 0 saturated carbocycles. The fourth-order valence-corrected chi connectivity index (χ4v) is 2.90. The number of imidazole rings is 1. The Labute approximate surface area is 130 Å². The fraction of sp³-hybridized carbons (Fsp3) is 0.438. The molecule has 0 saturated heterocycles. The van der Waals surface area contributed by atoms with Crippen LogP contribution in [0.2, 0.25) is 5.02 Å². The Balaban J connectivity index is 1.72. The molecule has 2 heterocycles. The van der Waals surface area contributed by atoms with E-state index >= 15 is 0 Å². The van der Waals surface area contributed by atoms with Crippen molar-refractivity contribution in [3.05, 3.63) is 46.5 Å². The van der Waals surface area contributed by atoms with Gasteiger partial charge in [0.05, 0.1) is 25.2 Å². The molecule has 0 bridgehead atoms. The van der Waals surface area contributed by atoms with E-state index in [1.54, 1.807) is 0 Å². The van der Waals surface area contributed by atoms with Gasteiger partial charge in [-0.05, 0) is 30.7 Å². The highest BCUT2D eigenvalue weighted by molar-refractivity contribution is 6.30. The summed E-state index contributed by atoms with van der Waals surface area (Å²) >= 11 is 6.19. The molecule has 21 heavy (non-hydrogen) atoms. The SMILES string of the molecule is CCCNCc1cn(Cc2cc(Cl)cc3c2OCC3)cn1. The van der Waals surface area contributed by atoms with Crippen LogP contribution >= 0.6 is 11.6 Å². The average molecular weight is 306 g/mol. The zero-order chi connectivity index (χ0) is 14.7. The van der Waals surface area contributed by atoms with Gasteiger partial charge in [-0.15, -0.1) is 0 Å². The standard InChI is InChI=1S/C16H20ClN3O/c1-2-4-18-8-15-10-20(11-19-15)9-13-7-14(17)6-12-3-5-21-16(12)13/h6-7,10-11,18H,2-5,8-9H2,1H3. The van der Waals surface area contributed by atoms with E-state index in [4.69, 9.17) is 16.3 Å². The van der Waals surface area contributed by atoms with Crippen LogP contribution in [0.3, 0.4) is 0 Å². The third kappa shape index (κ3) is 3.39. The van der Waals surface area contributed by atoms with E-state index in [0.29, 0.717) is 0 Å². The summed E-state index contributed by atoms with van der Waals surface area (Å²) in [5.74, 6) is 0.999. The number of hydrogen-bond donors (Lipinski definition) is 1. The van der Waals surface area contributed by atoms with Gasteiger partial charge in [0.1, 0.15) is 5.75 Å². The van der Waals surface area contributed by atoms with Gasteiger partial charge in [0.15, 0.2) is 0 Å². The molecule has 112 valence electrons. The Morgan fingerprint density at radius 2 is 2.33 bits per heavy atom. The van der Waals surface area contributed by atoms with E-state index in [2.05, 4.69) is 28.0 Å². The predicted molar refractivity (Wildman–Crippen MR) is 84.0 cm³/mol. The molecular formula is C16H20ClN3O. The highest BCUT2D eigenvalue weighted by Gasteiger charge is 2.17. The van der Waals surface area contributed by atoms with Crippen LogP contribution in [0.15, 0.2) is 24.7 Å². The van der Waals surface area contributed by atoms with E-state index in [0.717, 1.165) is 61.1 Å². The van der Waals surface area contributed by atoms with Crippen LogP contribution in [0.25, 0.3) is 0 Å². The molecule has 0 aliphatic carbocycles. The van der Waals surface area contributed by atoms with Crippen molar-refractivity contribution in [1.29, 1.82) is 0 Å². The van der Waals surface area contributed by atoms with Crippen LogP contribution in [0.4, 0.5) is 0 Å². The molecule has 1 aliphatic heterocycles. The summed E-state index contributed by atoms with van der Waals surface area (Å²) in [5, 5.41) is 4.13. The van der Waals surface area contributed by atoms with E-state index in [-0.39, 0.29) is 0 Å². The second kappa shape index (κ2) is 6.50. The lowest BCUT2D eigenvalue weighted by Gasteiger charge is -2.09. The minimum absolute atomic E-state index is 0.740. The van der Waals surface area contributed by atoms with Crippen LogP contribution in [0.5, 0.6) is 5.75 Å². The molecule has 0 unspecified atom stereocenters. The van der Waals surface area contributed by atoms with Crippen LogP contribution < -0.4 is 10.1 Å².